The van der Waals surface area contributed by atoms with Gasteiger partial charge in [0.05, 0.1) is 5.41 Å². The number of aromatic nitrogens is 1. The van der Waals surface area contributed by atoms with Gasteiger partial charge in [-0.25, -0.2) is 0 Å². The molecule has 1 atom stereocenters. The predicted octanol–water partition coefficient (Wildman–Crippen LogP) is 13.5. The molecule has 1 aromatic heterocycles. The zero-order valence-electron chi connectivity index (χ0n) is 29.9. The standard InChI is InChI=1S/C52H34N2O/c1-2-10-35(11-3-1)36-18-23-40(24-19-36)54(41-25-20-37(21-26-41)38-30-32-53-33-31-38)42-27-28-45-44-14-6-7-15-46(44)52(49(45)34-42)47-16-8-9-17-50(47)55-51-43-13-5-4-12-39(43)22-29-48(51)52/h1-34H. The Morgan fingerprint density at radius 2 is 0.982 bits per heavy atom. The second-order valence-corrected chi connectivity index (χ2v) is 14.3. The van der Waals surface area contributed by atoms with Crippen LogP contribution in [0.5, 0.6) is 11.5 Å². The van der Waals surface area contributed by atoms with Crippen molar-refractivity contribution in [3.63, 3.8) is 0 Å². The van der Waals surface area contributed by atoms with Crippen LogP contribution in [0.25, 0.3) is 44.2 Å². The summed E-state index contributed by atoms with van der Waals surface area (Å²) < 4.78 is 6.90. The third-order valence-corrected chi connectivity index (χ3v) is 11.4. The van der Waals surface area contributed by atoms with Crippen LogP contribution in [-0.2, 0) is 5.41 Å². The third kappa shape index (κ3) is 4.80. The number of hydrogen-bond acceptors (Lipinski definition) is 3. The van der Waals surface area contributed by atoms with Crippen LogP contribution in [-0.4, -0.2) is 4.98 Å². The zero-order valence-corrected chi connectivity index (χ0v) is 29.9. The zero-order chi connectivity index (χ0) is 36.3. The Balaban J connectivity index is 1.15. The molecule has 3 heteroatoms. The van der Waals surface area contributed by atoms with Crippen LogP contribution < -0.4 is 9.64 Å². The lowest BCUT2D eigenvalue weighted by molar-refractivity contribution is 0.441. The van der Waals surface area contributed by atoms with Gasteiger partial charge < -0.3 is 9.64 Å². The van der Waals surface area contributed by atoms with E-state index < -0.39 is 5.41 Å². The van der Waals surface area contributed by atoms with Crippen molar-refractivity contribution in [1.82, 2.24) is 4.98 Å². The van der Waals surface area contributed by atoms with E-state index in [0.717, 1.165) is 61.6 Å². The number of nitrogens with zero attached hydrogens (tertiary/aromatic N) is 2. The van der Waals surface area contributed by atoms with Gasteiger partial charge in [0.1, 0.15) is 11.5 Å². The molecule has 1 spiro atoms. The summed E-state index contributed by atoms with van der Waals surface area (Å²) in [7, 11) is 0. The maximum absolute atomic E-state index is 6.90. The van der Waals surface area contributed by atoms with Crippen LogP contribution in [0.15, 0.2) is 207 Å². The van der Waals surface area contributed by atoms with Crippen LogP contribution in [0.3, 0.4) is 0 Å². The molecule has 0 saturated heterocycles. The first-order valence-electron chi connectivity index (χ1n) is 18.8. The highest BCUT2D eigenvalue weighted by molar-refractivity contribution is 5.96. The summed E-state index contributed by atoms with van der Waals surface area (Å²) in [4.78, 5) is 6.61. The third-order valence-electron chi connectivity index (χ3n) is 11.4. The monoisotopic (exact) mass is 702 g/mol. The van der Waals surface area contributed by atoms with Gasteiger partial charge in [0, 0.05) is 46.0 Å². The van der Waals surface area contributed by atoms with Crippen LogP contribution in [0.4, 0.5) is 17.1 Å². The smallest absolute Gasteiger partial charge is 0.140 e. The SMILES string of the molecule is c1ccc(-c2ccc(N(c3ccc(-c4ccncc4)cc3)c3ccc4c(c3)C3(c5ccccc5Oc5c3ccc3ccccc53)c3ccccc3-4)cc2)cc1. The van der Waals surface area contributed by atoms with Crippen LogP contribution in [0, 0.1) is 0 Å². The Kier molecular flexibility index (Phi) is 7.08. The molecule has 2 heterocycles. The molecular weight excluding hydrogens is 669 g/mol. The minimum Gasteiger partial charge on any atom is -0.456 e. The average molecular weight is 703 g/mol. The summed E-state index contributed by atoms with van der Waals surface area (Å²) in [5.74, 6) is 1.81. The van der Waals surface area contributed by atoms with Gasteiger partial charge >= 0.3 is 0 Å². The van der Waals surface area contributed by atoms with Crippen molar-refractivity contribution in [1.29, 1.82) is 0 Å². The van der Waals surface area contributed by atoms with Crippen LogP contribution in [0.1, 0.15) is 22.3 Å². The van der Waals surface area contributed by atoms with Crippen molar-refractivity contribution >= 4 is 27.8 Å². The first-order valence-corrected chi connectivity index (χ1v) is 18.8. The molecule has 0 N–H and O–H groups in total. The Bertz CT molecular complexity index is 2800. The lowest BCUT2D eigenvalue weighted by Gasteiger charge is -2.40. The van der Waals surface area contributed by atoms with Crippen LogP contribution >= 0.6 is 0 Å². The number of para-hydroxylation sites is 1. The van der Waals surface area contributed by atoms with E-state index in [1.165, 1.54) is 33.4 Å². The molecular formula is C52H34N2O. The summed E-state index contributed by atoms with van der Waals surface area (Å²) in [5, 5.41) is 2.28. The molecule has 0 saturated carbocycles. The van der Waals surface area contributed by atoms with Gasteiger partial charge in [0.25, 0.3) is 0 Å². The molecule has 8 aromatic carbocycles. The summed E-state index contributed by atoms with van der Waals surface area (Å²) in [6.07, 6.45) is 3.69. The molecule has 258 valence electrons. The number of ether oxygens (including phenoxy) is 1. The van der Waals surface area contributed by atoms with Crippen molar-refractivity contribution in [3.05, 3.63) is 229 Å². The van der Waals surface area contributed by atoms with E-state index in [4.69, 9.17) is 4.74 Å². The van der Waals surface area contributed by atoms with Crippen molar-refractivity contribution in [2.45, 2.75) is 5.41 Å². The van der Waals surface area contributed by atoms with Crippen molar-refractivity contribution in [3.8, 4) is 44.9 Å². The highest BCUT2D eigenvalue weighted by Crippen LogP contribution is 2.63. The van der Waals surface area contributed by atoms with E-state index in [-0.39, 0.29) is 0 Å². The van der Waals surface area contributed by atoms with E-state index in [2.05, 4.69) is 204 Å². The molecule has 0 fully saturated rings. The molecule has 11 rings (SSSR count). The normalized spacial score (nSPS) is 14.8. The molecule has 0 bridgehead atoms. The number of fused-ring (bicyclic) bond motifs is 11. The number of hydrogen-bond donors (Lipinski definition) is 0. The first-order chi connectivity index (χ1) is 27.3. The Labute approximate surface area is 320 Å². The molecule has 2 aliphatic rings. The van der Waals surface area contributed by atoms with Gasteiger partial charge in [0.2, 0.25) is 0 Å². The van der Waals surface area contributed by atoms with Gasteiger partial charge in [0.15, 0.2) is 0 Å². The number of anilines is 3. The molecule has 0 amide bonds. The molecule has 1 unspecified atom stereocenters. The van der Waals surface area contributed by atoms with Gasteiger partial charge in [-0.2, -0.15) is 0 Å². The molecule has 55 heavy (non-hydrogen) atoms. The predicted molar refractivity (Wildman–Crippen MR) is 225 cm³/mol. The number of benzene rings is 8. The minimum absolute atomic E-state index is 0.593. The molecule has 3 nitrogen and oxygen atoms in total. The summed E-state index contributed by atoms with van der Waals surface area (Å²) >= 11 is 0. The van der Waals surface area contributed by atoms with E-state index in [0.29, 0.717) is 0 Å². The lowest BCUT2D eigenvalue weighted by Crippen LogP contribution is -2.32. The minimum atomic E-state index is -0.593. The summed E-state index contributed by atoms with van der Waals surface area (Å²) in [5.41, 5.74) is 14.6. The Hall–Kier alpha value is -7.23. The van der Waals surface area contributed by atoms with Crippen molar-refractivity contribution < 1.29 is 4.74 Å². The fourth-order valence-corrected chi connectivity index (χ4v) is 8.98. The molecule has 9 aromatic rings. The fourth-order valence-electron chi connectivity index (χ4n) is 8.98. The van der Waals surface area contributed by atoms with E-state index >= 15 is 0 Å². The average Bonchev–Trinajstić information content (AvgIpc) is 3.55. The van der Waals surface area contributed by atoms with Crippen molar-refractivity contribution in [2.24, 2.45) is 0 Å². The maximum atomic E-state index is 6.90. The fraction of sp³-hybridized carbons (Fsp3) is 0.0192. The molecule has 0 radical (unpaired) electrons. The second kappa shape index (κ2) is 12.4. The van der Waals surface area contributed by atoms with Gasteiger partial charge in [-0.3, -0.25) is 4.98 Å². The molecule has 1 aliphatic heterocycles. The van der Waals surface area contributed by atoms with E-state index in [1.807, 2.05) is 12.4 Å². The first kappa shape index (κ1) is 31.3. The van der Waals surface area contributed by atoms with Crippen molar-refractivity contribution in [2.75, 3.05) is 4.90 Å². The highest BCUT2D eigenvalue weighted by Gasteiger charge is 2.51. The Morgan fingerprint density at radius 1 is 0.400 bits per heavy atom. The molecule has 1 aliphatic carbocycles. The van der Waals surface area contributed by atoms with Gasteiger partial charge in [-0.05, 0) is 104 Å². The second-order valence-electron chi connectivity index (χ2n) is 14.3. The summed E-state index contributed by atoms with van der Waals surface area (Å²) in [6, 6.07) is 70.1. The largest absolute Gasteiger partial charge is 0.456 e. The highest BCUT2D eigenvalue weighted by atomic mass is 16.5. The van der Waals surface area contributed by atoms with Gasteiger partial charge in [-0.1, -0.05) is 140 Å². The quantitative estimate of drug-likeness (QED) is 0.179. The number of rotatable bonds is 5. The maximum Gasteiger partial charge on any atom is 0.140 e. The lowest BCUT2D eigenvalue weighted by atomic mass is 9.65. The van der Waals surface area contributed by atoms with Crippen LogP contribution in [0.2, 0.25) is 0 Å². The summed E-state index contributed by atoms with van der Waals surface area (Å²) in [6.45, 7) is 0. The Morgan fingerprint density at radius 3 is 1.75 bits per heavy atom. The van der Waals surface area contributed by atoms with E-state index in [9.17, 15) is 0 Å². The van der Waals surface area contributed by atoms with E-state index in [1.54, 1.807) is 0 Å². The topological polar surface area (TPSA) is 25.4 Å². The van der Waals surface area contributed by atoms with Gasteiger partial charge in [-0.15, -0.1) is 0 Å². The number of pyridine rings is 1.